The molecule has 22 heavy (non-hydrogen) atoms. The van der Waals surface area contributed by atoms with Crippen LogP contribution in [0.4, 0.5) is 5.69 Å². The average Bonchev–Trinajstić information content (AvgIpc) is 2.52. The molecule has 8 nitrogen and oxygen atoms in total. The van der Waals surface area contributed by atoms with E-state index in [2.05, 4.69) is 5.32 Å². The molecule has 0 spiro atoms. The van der Waals surface area contributed by atoms with Crippen molar-refractivity contribution in [1.29, 1.82) is 0 Å². The lowest BCUT2D eigenvalue weighted by Gasteiger charge is -2.11. The molecule has 0 fully saturated rings. The molecular formula is C14H20N2O6. The van der Waals surface area contributed by atoms with Gasteiger partial charge in [0.15, 0.2) is 11.5 Å². The standard InChI is InChI=1S/C14H20N2O6/c1-4-22-7-5-6-15-14(17)10-8-12(20-2)13(21-3)9-11(10)16(18)19/h8-9H,4-7H2,1-3H3,(H,15,17). The molecule has 0 atom stereocenters. The SMILES string of the molecule is CCOCCCNC(=O)c1cc(OC)c(OC)cc1[N+](=O)[O-]. The molecule has 0 saturated carbocycles. The van der Waals surface area contributed by atoms with Crippen LogP contribution in [0.25, 0.3) is 0 Å². The fourth-order valence-corrected chi connectivity index (χ4v) is 1.82. The number of rotatable bonds is 9. The zero-order valence-electron chi connectivity index (χ0n) is 12.9. The number of benzene rings is 1. The van der Waals surface area contributed by atoms with Crippen LogP contribution >= 0.6 is 0 Å². The predicted octanol–water partition coefficient (Wildman–Crippen LogP) is 1.77. The van der Waals surface area contributed by atoms with Crippen LogP contribution in [-0.2, 0) is 4.74 Å². The van der Waals surface area contributed by atoms with Crippen molar-refractivity contribution in [3.8, 4) is 11.5 Å². The van der Waals surface area contributed by atoms with Gasteiger partial charge in [-0.05, 0) is 13.3 Å². The maximum Gasteiger partial charge on any atom is 0.286 e. The lowest BCUT2D eigenvalue weighted by Crippen LogP contribution is -2.26. The van der Waals surface area contributed by atoms with E-state index in [9.17, 15) is 14.9 Å². The van der Waals surface area contributed by atoms with E-state index < -0.39 is 10.8 Å². The highest BCUT2D eigenvalue weighted by Gasteiger charge is 2.24. The number of ether oxygens (including phenoxy) is 3. The summed E-state index contributed by atoms with van der Waals surface area (Å²) in [6.45, 7) is 3.37. The van der Waals surface area contributed by atoms with Gasteiger partial charge in [0.05, 0.1) is 25.2 Å². The van der Waals surface area contributed by atoms with Crippen molar-refractivity contribution in [2.24, 2.45) is 0 Å². The van der Waals surface area contributed by atoms with E-state index in [-0.39, 0.29) is 22.7 Å². The monoisotopic (exact) mass is 312 g/mol. The predicted molar refractivity (Wildman–Crippen MR) is 79.6 cm³/mol. The highest BCUT2D eigenvalue weighted by molar-refractivity contribution is 5.99. The molecule has 0 radical (unpaired) electrons. The van der Waals surface area contributed by atoms with E-state index in [1.807, 2.05) is 6.92 Å². The number of carbonyl (C=O) groups excluding carboxylic acids is 1. The van der Waals surface area contributed by atoms with E-state index in [4.69, 9.17) is 14.2 Å². The number of nitrogens with one attached hydrogen (secondary N) is 1. The maximum absolute atomic E-state index is 12.1. The molecular weight excluding hydrogens is 292 g/mol. The van der Waals surface area contributed by atoms with Crippen molar-refractivity contribution in [2.75, 3.05) is 34.0 Å². The van der Waals surface area contributed by atoms with E-state index in [1.165, 1.54) is 26.4 Å². The number of nitro benzene ring substituents is 1. The summed E-state index contributed by atoms with van der Waals surface area (Å²) < 4.78 is 15.2. The normalized spacial score (nSPS) is 10.1. The zero-order valence-corrected chi connectivity index (χ0v) is 12.9. The first kappa shape index (κ1) is 17.7. The first-order valence-electron chi connectivity index (χ1n) is 6.81. The van der Waals surface area contributed by atoms with Gasteiger partial charge in [0.1, 0.15) is 5.56 Å². The summed E-state index contributed by atoms with van der Waals surface area (Å²) >= 11 is 0. The molecule has 0 aromatic heterocycles. The van der Waals surface area contributed by atoms with Gasteiger partial charge in [0.25, 0.3) is 11.6 Å². The molecule has 0 aliphatic rings. The first-order chi connectivity index (χ1) is 10.5. The molecule has 1 N–H and O–H groups in total. The lowest BCUT2D eigenvalue weighted by atomic mass is 10.1. The molecule has 0 aliphatic carbocycles. The molecule has 122 valence electrons. The Labute approximate surface area is 128 Å². The van der Waals surface area contributed by atoms with Gasteiger partial charge in [0.2, 0.25) is 0 Å². The maximum atomic E-state index is 12.1. The van der Waals surface area contributed by atoms with Crippen LogP contribution < -0.4 is 14.8 Å². The highest BCUT2D eigenvalue weighted by Crippen LogP contribution is 2.34. The van der Waals surface area contributed by atoms with Crippen molar-refractivity contribution in [3.05, 3.63) is 27.8 Å². The number of methoxy groups -OCH3 is 2. The Morgan fingerprint density at radius 1 is 1.27 bits per heavy atom. The second kappa shape index (κ2) is 8.83. The average molecular weight is 312 g/mol. The number of nitrogens with zero attached hydrogens (tertiary/aromatic N) is 1. The van der Waals surface area contributed by atoms with Crippen LogP contribution in [0.15, 0.2) is 12.1 Å². The third-order valence-corrected chi connectivity index (χ3v) is 2.90. The van der Waals surface area contributed by atoms with E-state index in [0.717, 1.165) is 0 Å². The van der Waals surface area contributed by atoms with Crippen LogP contribution in [0.1, 0.15) is 23.7 Å². The van der Waals surface area contributed by atoms with E-state index in [1.54, 1.807) is 0 Å². The van der Waals surface area contributed by atoms with Gasteiger partial charge in [-0.1, -0.05) is 0 Å². The summed E-state index contributed by atoms with van der Waals surface area (Å²) in [7, 11) is 2.77. The Hall–Kier alpha value is -2.35. The molecule has 0 bridgehead atoms. The van der Waals surface area contributed by atoms with Gasteiger partial charge >= 0.3 is 0 Å². The summed E-state index contributed by atoms with van der Waals surface area (Å²) in [5.41, 5.74) is -0.404. The molecule has 1 amide bonds. The van der Waals surface area contributed by atoms with E-state index in [0.29, 0.717) is 26.2 Å². The van der Waals surface area contributed by atoms with Crippen molar-refractivity contribution in [3.63, 3.8) is 0 Å². The smallest absolute Gasteiger partial charge is 0.286 e. The second-order valence-corrected chi connectivity index (χ2v) is 4.29. The number of hydrogen-bond donors (Lipinski definition) is 1. The minimum absolute atomic E-state index is 0.0703. The molecule has 1 aromatic rings. The summed E-state index contributed by atoms with van der Waals surface area (Å²) in [6, 6.07) is 2.47. The Balaban J connectivity index is 2.91. The highest BCUT2D eigenvalue weighted by atomic mass is 16.6. The van der Waals surface area contributed by atoms with Gasteiger partial charge in [-0.2, -0.15) is 0 Å². The van der Waals surface area contributed by atoms with Gasteiger partial charge in [-0.25, -0.2) is 0 Å². The summed E-state index contributed by atoms with van der Waals surface area (Å²) in [6.07, 6.45) is 0.626. The molecule has 0 saturated heterocycles. The number of nitro groups is 1. The van der Waals surface area contributed by atoms with E-state index >= 15 is 0 Å². The van der Waals surface area contributed by atoms with Crippen molar-refractivity contribution in [2.45, 2.75) is 13.3 Å². The van der Waals surface area contributed by atoms with Crippen LogP contribution in [0.3, 0.4) is 0 Å². The Morgan fingerprint density at radius 3 is 2.45 bits per heavy atom. The minimum Gasteiger partial charge on any atom is -0.493 e. The van der Waals surface area contributed by atoms with Crippen molar-refractivity contribution >= 4 is 11.6 Å². The molecule has 1 rings (SSSR count). The Bertz CT molecular complexity index is 532. The van der Waals surface area contributed by atoms with Crippen LogP contribution in [0.5, 0.6) is 11.5 Å². The largest absolute Gasteiger partial charge is 0.493 e. The van der Waals surface area contributed by atoms with Gasteiger partial charge in [-0.15, -0.1) is 0 Å². The molecule has 8 heteroatoms. The van der Waals surface area contributed by atoms with Gasteiger partial charge in [0, 0.05) is 25.8 Å². The molecule has 0 aliphatic heterocycles. The number of carbonyl (C=O) groups is 1. The van der Waals surface area contributed by atoms with Crippen LogP contribution in [-0.4, -0.2) is 44.8 Å². The Morgan fingerprint density at radius 2 is 1.91 bits per heavy atom. The van der Waals surface area contributed by atoms with Gasteiger partial charge in [-0.3, -0.25) is 14.9 Å². The summed E-state index contributed by atoms with van der Waals surface area (Å²) in [5, 5.41) is 13.7. The second-order valence-electron chi connectivity index (χ2n) is 4.29. The first-order valence-corrected chi connectivity index (χ1v) is 6.81. The topological polar surface area (TPSA) is 99.9 Å². The Kier molecular flexibility index (Phi) is 7.11. The van der Waals surface area contributed by atoms with Gasteiger partial charge < -0.3 is 19.5 Å². The molecule has 0 heterocycles. The number of hydrogen-bond acceptors (Lipinski definition) is 6. The minimum atomic E-state index is -0.628. The van der Waals surface area contributed by atoms with Crippen LogP contribution in [0, 0.1) is 10.1 Å². The number of amides is 1. The fourth-order valence-electron chi connectivity index (χ4n) is 1.82. The summed E-state index contributed by atoms with van der Waals surface area (Å²) in [4.78, 5) is 22.6. The lowest BCUT2D eigenvalue weighted by molar-refractivity contribution is -0.385. The van der Waals surface area contributed by atoms with Crippen LogP contribution in [0.2, 0.25) is 0 Å². The third kappa shape index (κ3) is 4.59. The fraction of sp³-hybridized carbons (Fsp3) is 0.500. The molecule has 0 unspecified atom stereocenters. The van der Waals surface area contributed by atoms with Crippen molar-refractivity contribution < 1.29 is 23.9 Å². The summed E-state index contributed by atoms with van der Waals surface area (Å²) in [5.74, 6) is -0.0844. The molecule has 1 aromatic carbocycles. The quantitative estimate of drug-likeness (QED) is 0.424. The third-order valence-electron chi connectivity index (χ3n) is 2.90. The van der Waals surface area contributed by atoms with Crippen molar-refractivity contribution in [1.82, 2.24) is 5.32 Å². The zero-order chi connectivity index (χ0) is 16.5.